The van der Waals surface area contributed by atoms with Crippen molar-refractivity contribution in [3.05, 3.63) is 0 Å². The van der Waals surface area contributed by atoms with Crippen molar-refractivity contribution < 1.29 is 17.1 Å². The van der Waals surface area contributed by atoms with Gasteiger partial charge < -0.3 is 0 Å². The maximum atomic E-state index is 11.1. The first-order valence-corrected chi connectivity index (χ1v) is 12.4. The summed E-state index contributed by atoms with van der Waals surface area (Å²) in [6, 6.07) is 0. The van der Waals surface area contributed by atoms with E-state index in [4.69, 9.17) is 7.53 Å². The molecular formula is C6H8GeO4S2. The molecule has 1 spiro atoms. The third kappa shape index (κ3) is 1.59. The molecular weight excluding hydrogens is 273 g/mol. The van der Waals surface area contributed by atoms with Crippen LogP contribution in [0.3, 0.4) is 0 Å². The third-order valence-electron chi connectivity index (χ3n) is 1.76. The first kappa shape index (κ1) is 9.73. The van der Waals surface area contributed by atoms with Gasteiger partial charge in [-0.2, -0.15) is 0 Å². The summed E-state index contributed by atoms with van der Waals surface area (Å²) in [7, 11) is 2.85. The summed E-state index contributed by atoms with van der Waals surface area (Å²) in [5.74, 6) is -0.473. The topological polar surface area (TPSA) is 52.6 Å². The SMILES string of the molecule is CC1[S][Ge]2([O]C1=O)[O]C(=O)C(C)[S]2. The number of hydrogen-bond acceptors (Lipinski definition) is 6. The average Bonchev–Trinajstić information content (AvgIpc) is 2.39. The molecule has 2 unspecified atom stereocenters. The summed E-state index contributed by atoms with van der Waals surface area (Å²) >= 11 is -3.11. The van der Waals surface area contributed by atoms with Crippen LogP contribution in [0.5, 0.6) is 0 Å². The average molecular weight is 281 g/mol. The molecule has 72 valence electrons. The first-order chi connectivity index (χ1) is 6.02. The molecule has 2 aliphatic rings. The molecule has 0 aromatic heterocycles. The Kier molecular flexibility index (Phi) is 2.32. The van der Waals surface area contributed by atoms with Crippen LogP contribution in [0.4, 0.5) is 0 Å². The third-order valence-corrected chi connectivity index (χ3v) is 18.1. The van der Waals surface area contributed by atoms with Crippen molar-refractivity contribution in [2.75, 3.05) is 0 Å². The summed E-state index contributed by atoms with van der Waals surface area (Å²) in [6.07, 6.45) is 0. The second kappa shape index (κ2) is 3.10. The van der Waals surface area contributed by atoms with Crippen molar-refractivity contribution >= 4 is 43.8 Å². The standard InChI is InChI=1S/C6H8GeO4S2/c1-3-5(8)10-7(12-3)11-6(9)4(2)13-7/h3-4H,1-2H3. The summed E-state index contributed by atoms with van der Waals surface area (Å²) in [5.41, 5.74) is 0. The van der Waals surface area contributed by atoms with E-state index in [2.05, 4.69) is 0 Å². The summed E-state index contributed by atoms with van der Waals surface area (Å²) in [5, 5.41) is -0.351. The zero-order valence-electron chi connectivity index (χ0n) is 7.10. The molecule has 2 atom stereocenters. The Balaban J connectivity index is 2.17. The number of rotatable bonds is 0. The van der Waals surface area contributed by atoms with E-state index >= 15 is 0 Å². The number of carbonyl (C=O) groups is 2. The molecule has 0 amide bonds. The molecule has 2 heterocycles. The molecule has 0 saturated carbocycles. The van der Waals surface area contributed by atoms with Crippen LogP contribution in [0.2, 0.25) is 0 Å². The van der Waals surface area contributed by atoms with Crippen LogP contribution in [0.25, 0.3) is 0 Å². The molecule has 2 fully saturated rings. The maximum absolute atomic E-state index is 11.1. The van der Waals surface area contributed by atoms with Crippen LogP contribution in [-0.4, -0.2) is 34.1 Å². The van der Waals surface area contributed by atoms with E-state index in [0.717, 1.165) is 0 Å². The van der Waals surface area contributed by atoms with Gasteiger partial charge in [0.2, 0.25) is 0 Å². The van der Waals surface area contributed by atoms with Gasteiger partial charge >= 0.3 is 85.2 Å². The normalized spacial score (nSPS) is 43.8. The second-order valence-electron chi connectivity index (χ2n) is 2.86. The molecule has 2 saturated heterocycles. The second-order valence-corrected chi connectivity index (χ2v) is 17.6. The van der Waals surface area contributed by atoms with E-state index in [9.17, 15) is 9.59 Å². The van der Waals surface area contributed by atoms with Gasteiger partial charge in [0.05, 0.1) is 0 Å². The predicted octanol–water partition coefficient (Wildman–Crippen LogP) is 0.779. The van der Waals surface area contributed by atoms with E-state index in [1.165, 1.54) is 20.2 Å². The molecule has 0 aromatic rings. The fourth-order valence-electron chi connectivity index (χ4n) is 1.09. The first-order valence-electron chi connectivity index (χ1n) is 3.84. The summed E-state index contributed by atoms with van der Waals surface area (Å²) < 4.78 is 10.4. The Morgan fingerprint density at radius 3 is 1.69 bits per heavy atom. The molecule has 0 bridgehead atoms. The van der Waals surface area contributed by atoms with Crippen molar-refractivity contribution in [3.63, 3.8) is 0 Å². The fourth-order valence-corrected chi connectivity index (χ4v) is 20.0. The molecule has 0 radical (unpaired) electrons. The monoisotopic (exact) mass is 282 g/mol. The Morgan fingerprint density at radius 2 is 1.46 bits per heavy atom. The molecule has 0 aromatic carbocycles. The summed E-state index contributed by atoms with van der Waals surface area (Å²) in [6.45, 7) is 3.56. The van der Waals surface area contributed by atoms with Crippen LogP contribution < -0.4 is 0 Å². The van der Waals surface area contributed by atoms with Crippen molar-refractivity contribution in [1.82, 2.24) is 0 Å². The Morgan fingerprint density at radius 1 is 1.08 bits per heavy atom. The minimum atomic E-state index is -3.11. The van der Waals surface area contributed by atoms with Gasteiger partial charge in [0.1, 0.15) is 0 Å². The quantitative estimate of drug-likeness (QED) is 0.611. The van der Waals surface area contributed by atoms with Crippen LogP contribution in [0.15, 0.2) is 0 Å². The van der Waals surface area contributed by atoms with Gasteiger partial charge in [-0.1, -0.05) is 0 Å². The molecule has 2 aliphatic heterocycles. The molecule has 7 heteroatoms. The van der Waals surface area contributed by atoms with Crippen LogP contribution >= 0.6 is 20.2 Å². The van der Waals surface area contributed by atoms with Gasteiger partial charge in [0.15, 0.2) is 0 Å². The van der Waals surface area contributed by atoms with Crippen molar-refractivity contribution in [2.24, 2.45) is 0 Å². The van der Waals surface area contributed by atoms with E-state index in [1.54, 1.807) is 13.8 Å². The van der Waals surface area contributed by atoms with Crippen LogP contribution in [-0.2, 0) is 17.1 Å². The number of hydrogen-bond donors (Lipinski definition) is 0. The molecule has 2 rings (SSSR count). The van der Waals surface area contributed by atoms with E-state index in [-0.39, 0.29) is 22.4 Å². The van der Waals surface area contributed by atoms with Crippen molar-refractivity contribution in [3.8, 4) is 0 Å². The van der Waals surface area contributed by atoms with Gasteiger partial charge in [-0.3, -0.25) is 0 Å². The number of carbonyl (C=O) groups excluding carboxylic acids is 2. The van der Waals surface area contributed by atoms with Gasteiger partial charge in [-0.05, 0) is 0 Å². The zero-order chi connectivity index (χ0) is 9.64. The van der Waals surface area contributed by atoms with Crippen LogP contribution in [0, 0.1) is 0 Å². The van der Waals surface area contributed by atoms with E-state index in [0.29, 0.717) is 0 Å². The zero-order valence-corrected chi connectivity index (χ0v) is 10.8. The minimum absolute atomic E-state index is 0.175. The van der Waals surface area contributed by atoms with E-state index in [1.807, 2.05) is 0 Å². The van der Waals surface area contributed by atoms with Crippen molar-refractivity contribution in [1.29, 1.82) is 0 Å². The van der Waals surface area contributed by atoms with E-state index < -0.39 is 11.7 Å². The Bertz CT molecular complexity index is 254. The Hall–Kier alpha value is 0.183. The van der Waals surface area contributed by atoms with Gasteiger partial charge in [-0.15, -0.1) is 0 Å². The predicted molar refractivity (Wildman–Crippen MR) is 52.0 cm³/mol. The molecule has 13 heavy (non-hydrogen) atoms. The van der Waals surface area contributed by atoms with Gasteiger partial charge in [0, 0.05) is 0 Å². The summed E-state index contributed by atoms with van der Waals surface area (Å²) in [4.78, 5) is 22.3. The van der Waals surface area contributed by atoms with Crippen molar-refractivity contribution in [2.45, 2.75) is 24.3 Å². The van der Waals surface area contributed by atoms with Gasteiger partial charge in [0.25, 0.3) is 0 Å². The van der Waals surface area contributed by atoms with Gasteiger partial charge in [-0.25, -0.2) is 0 Å². The molecule has 0 N–H and O–H groups in total. The molecule has 0 aliphatic carbocycles. The Labute approximate surface area is 85.2 Å². The fraction of sp³-hybridized carbons (Fsp3) is 0.667. The van der Waals surface area contributed by atoms with Crippen LogP contribution in [0.1, 0.15) is 13.8 Å². The molecule has 4 nitrogen and oxygen atoms in total.